The van der Waals surface area contributed by atoms with Gasteiger partial charge in [0.1, 0.15) is 0 Å². The van der Waals surface area contributed by atoms with E-state index in [1.807, 2.05) is 0 Å². The van der Waals surface area contributed by atoms with Crippen LogP contribution >= 0.6 is 0 Å². The van der Waals surface area contributed by atoms with E-state index in [9.17, 15) is 4.79 Å². The molecule has 1 aliphatic rings. The Morgan fingerprint density at radius 1 is 1.17 bits per heavy atom. The smallest absolute Gasteiger partial charge is 0.222 e. The molecule has 18 heavy (non-hydrogen) atoms. The summed E-state index contributed by atoms with van der Waals surface area (Å²) < 4.78 is 0. The van der Waals surface area contributed by atoms with E-state index in [4.69, 9.17) is 5.73 Å². The molecule has 1 heterocycles. The van der Waals surface area contributed by atoms with Crippen molar-refractivity contribution in [3.63, 3.8) is 0 Å². The van der Waals surface area contributed by atoms with Gasteiger partial charge in [-0.3, -0.25) is 4.79 Å². The topological polar surface area (TPSA) is 46.3 Å². The monoisotopic (exact) mass is 254 g/mol. The van der Waals surface area contributed by atoms with Crippen molar-refractivity contribution in [2.75, 3.05) is 19.6 Å². The van der Waals surface area contributed by atoms with E-state index in [-0.39, 0.29) is 0 Å². The van der Waals surface area contributed by atoms with Gasteiger partial charge in [0.2, 0.25) is 5.91 Å². The number of unbranched alkanes of at least 4 members (excludes halogenated alkanes) is 3. The third-order valence-electron chi connectivity index (χ3n) is 4.03. The van der Waals surface area contributed by atoms with Crippen LogP contribution in [0.5, 0.6) is 0 Å². The van der Waals surface area contributed by atoms with Gasteiger partial charge in [-0.05, 0) is 38.1 Å². The van der Waals surface area contributed by atoms with Crippen molar-refractivity contribution in [1.82, 2.24) is 4.90 Å². The Morgan fingerprint density at radius 2 is 1.89 bits per heavy atom. The molecular formula is C15H30N2O. The van der Waals surface area contributed by atoms with Crippen LogP contribution in [0.2, 0.25) is 0 Å². The summed E-state index contributed by atoms with van der Waals surface area (Å²) in [5.41, 5.74) is 5.45. The number of amides is 1. The van der Waals surface area contributed by atoms with E-state index in [1.165, 1.54) is 32.1 Å². The summed E-state index contributed by atoms with van der Waals surface area (Å²) in [4.78, 5) is 14.1. The zero-order valence-electron chi connectivity index (χ0n) is 12.0. The maximum atomic E-state index is 12.0. The molecule has 0 aromatic heterocycles. The van der Waals surface area contributed by atoms with Crippen LogP contribution in [0, 0.1) is 5.92 Å². The normalized spacial score (nSPS) is 17.1. The summed E-state index contributed by atoms with van der Waals surface area (Å²) in [5, 5.41) is 0. The van der Waals surface area contributed by atoms with Crippen LogP contribution < -0.4 is 5.73 Å². The highest BCUT2D eigenvalue weighted by atomic mass is 16.2. The minimum atomic E-state index is 0.362. The zero-order valence-corrected chi connectivity index (χ0v) is 12.0. The van der Waals surface area contributed by atoms with E-state index in [0.717, 1.165) is 51.2 Å². The molecular weight excluding hydrogens is 224 g/mol. The molecule has 0 aromatic carbocycles. The molecule has 0 aliphatic carbocycles. The SMILES string of the molecule is CCCCC1CCN(C(=O)CCCCCN)CC1. The average Bonchev–Trinajstić information content (AvgIpc) is 2.41. The van der Waals surface area contributed by atoms with Crippen molar-refractivity contribution in [2.24, 2.45) is 11.7 Å². The largest absolute Gasteiger partial charge is 0.343 e. The Labute approximate surface area is 112 Å². The van der Waals surface area contributed by atoms with Crippen molar-refractivity contribution in [3.8, 4) is 0 Å². The van der Waals surface area contributed by atoms with Crippen LogP contribution in [0.1, 0.15) is 64.7 Å². The van der Waals surface area contributed by atoms with E-state index >= 15 is 0 Å². The first-order chi connectivity index (χ1) is 8.77. The Kier molecular flexibility index (Phi) is 8.06. The van der Waals surface area contributed by atoms with Crippen molar-refractivity contribution in [1.29, 1.82) is 0 Å². The predicted octanol–water partition coefficient (Wildman–Crippen LogP) is 2.93. The second-order valence-corrected chi connectivity index (χ2v) is 5.57. The molecule has 3 heteroatoms. The Balaban J connectivity index is 2.11. The lowest BCUT2D eigenvalue weighted by molar-refractivity contribution is -0.132. The summed E-state index contributed by atoms with van der Waals surface area (Å²) in [6, 6.07) is 0. The van der Waals surface area contributed by atoms with Crippen LogP contribution in [-0.4, -0.2) is 30.4 Å². The minimum Gasteiger partial charge on any atom is -0.343 e. The van der Waals surface area contributed by atoms with Gasteiger partial charge >= 0.3 is 0 Å². The zero-order chi connectivity index (χ0) is 13.2. The number of carbonyl (C=O) groups excluding carboxylic acids is 1. The minimum absolute atomic E-state index is 0.362. The quantitative estimate of drug-likeness (QED) is 0.677. The number of carbonyl (C=O) groups is 1. The standard InChI is InChI=1S/C15H30N2O/c1-2-3-7-14-9-12-17(13-10-14)15(18)8-5-4-6-11-16/h14H,2-13,16H2,1H3. The molecule has 0 spiro atoms. The molecule has 0 atom stereocenters. The first kappa shape index (κ1) is 15.5. The molecule has 1 amide bonds. The maximum Gasteiger partial charge on any atom is 0.222 e. The van der Waals surface area contributed by atoms with Crippen LogP contribution in [-0.2, 0) is 4.79 Å². The summed E-state index contributed by atoms with van der Waals surface area (Å²) in [6.45, 7) is 4.98. The average molecular weight is 254 g/mol. The van der Waals surface area contributed by atoms with Crippen molar-refractivity contribution >= 4 is 5.91 Å². The van der Waals surface area contributed by atoms with Crippen LogP contribution in [0.25, 0.3) is 0 Å². The fraction of sp³-hybridized carbons (Fsp3) is 0.933. The summed E-state index contributed by atoms with van der Waals surface area (Å²) in [5.74, 6) is 1.23. The molecule has 106 valence electrons. The van der Waals surface area contributed by atoms with E-state index < -0.39 is 0 Å². The lowest BCUT2D eigenvalue weighted by Gasteiger charge is -2.32. The first-order valence-corrected chi connectivity index (χ1v) is 7.75. The van der Waals surface area contributed by atoms with Crippen LogP contribution in [0.4, 0.5) is 0 Å². The second-order valence-electron chi connectivity index (χ2n) is 5.57. The second kappa shape index (κ2) is 9.37. The molecule has 0 bridgehead atoms. The first-order valence-electron chi connectivity index (χ1n) is 7.75. The summed E-state index contributed by atoms with van der Waals surface area (Å²) in [7, 11) is 0. The molecule has 2 N–H and O–H groups in total. The third-order valence-corrected chi connectivity index (χ3v) is 4.03. The van der Waals surface area contributed by atoms with Crippen molar-refractivity contribution in [2.45, 2.75) is 64.7 Å². The van der Waals surface area contributed by atoms with E-state index in [0.29, 0.717) is 5.91 Å². The van der Waals surface area contributed by atoms with Gasteiger partial charge in [-0.2, -0.15) is 0 Å². The molecule has 1 aliphatic heterocycles. The molecule has 1 fully saturated rings. The highest BCUT2D eigenvalue weighted by molar-refractivity contribution is 5.76. The maximum absolute atomic E-state index is 12.0. The predicted molar refractivity (Wildman–Crippen MR) is 76.4 cm³/mol. The van der Waals surface area contributed by atoms with Gasteiger partial charge in [-0.25, -0.2) is 0 Å². The lowest BCUT2D eigenvalue weighted by Crippen LogP contribution is -2.38. The number of hydrogen-bond donors (Lipinski definition) is 1. The van der Waals surface area contributed by atoms with Gasteiger partial charge in [-0.1, -0.05) is 32.6 Å². The van der Waals surface area contributed by atoms with Gasteiger partial charge < -0.3 is 10.6 Å². The Bertz CT molecular complexity index is 223. The Hall–Kier alpha value is -0.570. The van der Waals surface area contributed by atoms with Gasteiger partial charge in [0.15, 0.2) is 0 Å². The molecule has 0 radical (unpaired) electrons. The van der Waals surface area contributed by atoms with Gasteiger partial charge in [0.25, 0.3) is 0 Å². The fourth-order valence-electron chi connectivity index (χ4n) is 2.72. The number of nitrogens with zero attached hydrogens (tertiary/aromatic N) is 1. The molecule has 1 rings (SSSR count). The highest BCUT2D eigenvalue weighted by Gasteiger charge is 2.21. The van der Waals surface area contributed by atoms with Gasteiger partial charge in [0.05, 0.1) is 0 Å². The molecule has 1 saturated heterocycles. The van der Waals surface area contributed by atoms with E-state index in [1.54, 1.807) is 0 Å². The summed E-state index contributed by atoms with van der Waals surface area (Å²) >= 11 is 0. The lowest BCUT2D eigenvalue weighted by atomic mass is 9.91. The van der Waals surface area contributed by atoms with Crippen molar-refractivity contribution < 1.29 is 4.79 Å². The number of nitrogens with two attached hydrogens (primary N) is 1. The van der Waals surface area contributed by atoms with Crippen molar-refractivity contribution in [3.05, 3.63) is 0 Å². The number of hydrogen-bond acceptors (Lipinski definition) is 2. The molecule has 0 unspecified atom stereocenters. The number of rotatable bonds is 8. The fourth-order valence-corrected chi connectivity index (χ4v) is 2.72. The highest BCUT2D eigenvalue weighted by Crippen LogP contribution is 2.23. The molecule has 0 saturated carbocycles. The molecule has 0 aromatic rings. The molecule has 3 nitrogen and oxygen atoms in total. The number of piperidine rings is 1. The van der Waals surface area contributed by atoms with E-state index in [2.05, 4.69) is 11.8 Å². The summed E-state index contributed by atoms with van der Waals surface area (Å²) in [6.07, 6.45) is 10.3. The van der Waals surface area contributed by atoms with Crippen LogP contribution in [0.3, 0.4) is 0 Å². The van der Waals surface area contributed by atoms with Gasteiger partial charge in [-0.15, -0.1) is 0 Å². The Morgan fingerprint density at radius 3 is 2.50 bits per heavy atom. The number of likely N-dealkylation sites (tertiary alicyclic amines) is 1. The third kappa shape index (κ3) is 5.85. The van der Waals surface area contributed by atoms with Crippen LogP contribution in [0.15, 0.2) is 0 Å². The van der Waals surface area contributed by atoms with Gasteiger partial charge in [0, 0.05) is 19.5 Å².